The van der Waals surface area contributed by atoms with Crippen molar-refractivity contribution in [3.63, 3.8) is 0 Å². The lowest BCUT2D eigenvalue weighted by molar-refractivity contribution is 0.670. The predicted molar refractivity (Wildman–Crippen MR) is 211 cm³/mol. The lowest BCUT2D eigenvalue weighted by atomic mass is 10.0. The number of aromatic nitrogens is 3. The Bertz CT molecular complexity index is 3110. The van der Waals surface area contributed by atoms with Crippen molar-refractivity contribution < 1.29 is 4.42 Å². The average molecular weight is 652 g/mol. The molecule has 0 spiro atoms. The van der Waals surface area contributed by atoms with E-state index in [0.717, 1.165) is 72.2 Å². The highest BCUT2D eigenvalue weighted by molar-refractivity contribution is 6.15. The smallest absolute Gasteiger partial charge is 0.145 e. The van der Waals surface area contributed by atoms with E-state index < -0.39 is 0 Å². The Morgan fingerprint density at radius 1 is 0.412 bits per heavy atom. The molecule has 0 aliphatic carbocycles. The summed E-state index contributed by atoms with van der Waals surface area (Å²) in [5.74, 6) is 0.935. The van der Waals surface area contributed by atoms with E-state index in [1.54, 1.807) is 0 Å². The summed E-state index contributed by atoms with van der Waals surface area (Å²) < 4.78 is 11.0. The van der Waals surface area contributed by atoms with Crippen molar-refractivity contribution in [1.82, 2.24) is 14.1 Å². The van der Waals surface area contributed by atoms with Crippen LogP contribution in [0.15, 0.2) is 180 Å². The molecular formula is C47H29N3O. The van der Waals surface area contributed by atoms with E-state index in [4.69, 9.17) is 9.40 Å². The lowest BCUT2D eigenvalue weighted by Gasteiger charge is -2.11. The van der Waals surface area contributed by atoms with Gasteiger partial charge in [-0.2, -0.15) is 0 Å². The molecule has 0 saturated heterocycles. The second-order valence-electron chi connectivity index (χ2n) is 13.2. The van der Waals surface area contributed by atoms with E-state index >= 15 is 0 Å². The summed E-state index contributed by atoms with van der Waals surface area (Å²) in [5.41, 5.74) is 11.8. The van der Waals surface area contributed by atoms with E-state index in [9.17, 15) is 0 Å². The zero-order valence-electron chi connectivity index (χ0n) is 27.5. The molecule has 0 aliphatic rings. The third-order valence-electron chi connectivity index (χ3n) is 10.3. The van der Waals surface area contributed by atoms with Crippen LogP contribution in [-0.4, -0.2) is 14.1 Å². The molecule has 0 unspecified atom stereocenters. The third-order valence-corrected chi connectivity index (χ3v) is 10.3. The Labute approximate surface area is 293 Å². The SMILES string of the molecule is c1ccc(-c2nc3cc4cc5c(cc4cc3n2-c2ccccc2)c2ccccc2n5-c2ccc(-c3cccc4c3oc3ccccc34)cc2)cc1. The van der Waals surface area contributed by atoms with E-state index in [2.05, 4.69) is 167 Å². The Balaban J connectivity index is 1.10. The van der Waals surface area contributed by atoms with Gasteiger partial charge in [0.25, 0.3) is 0 Å². The molecule has 0 fully saturated rings. The van der Waals surface area contributed by atoms with Crippen LogP contribution in [0.3, 0.4) is 0 Å². The number of benzene rings is 8. The van der Waals surface area contributed by atoms with Crippen molar-refractivity contribution in [1.29, 1.82) is 0 Å². The summed E-state index contributed by atoms with van der Waals surface area (Å²) in [4.78, 5) is 5.24. The zero-order chi connectivity index (χ0) is 33.5. The number of nitrogens with zero attached hydrogens (tertiary/aromatic N) is 3. The molecular weight excluding hydrogens is 623 g/mol. The molecule has 3 heterocycles. The molecule has 238 valence electrons. The van der Waals surface area contributed by atoms with Crippen molar-refractivity contribution in [2.24, 2.45) is 0 Å². The van der Waals surface area contributed by atoms with Crippen LogP contribution in [0.5, 0.6) is 0 Å². The number of fused-ring (bicyclic) bond motifs is 8. The van der Waals surface area contributed by atoms with Gasteiger partial charge in [-0.25, -0.2) is 4.98 Å². The average Bonchev–Trinajstić information content (AvgIpc) is 3.86. The molecule has 0 bridgehead atoms. The zero-order valence-corrected chi connectivity index (χ0v) is 27.5. The predicted octanol–water partition coefficient (Wildman–Crippen LogP) is 12.5. The Morgan fingerprint density at radius 3 is 1.92 bits per heavy atom. The number of furan rings is 1. The molecule has 0 aliphatic heterocycles. The first kappa shape index (κ1) is 28.0. The van der Waals surface area contributed by atoms with Gasteiger partial charge in [0, 0.05) is 44.0 Å². The Hall–Kier alpha value is -6.91. The van der Waals surface area contributed by atoms with Crippen LogP contribution < -0.4 is 0 Å². The molecule has 3 aromatic heterocycles. The van der Waals surface area contributed by atoms with Gasteiger partial charge < -0.3 is 8.98 Å². The second-order valence-corrected chi connectivity index (χ2v) is 13.2. The van der Waals surface area contributed by atoms with Crippen molar-refractivity contribution >= 4 is 65.6 Å². The van der Waals surface area contributed by atoms with Crippen LogP contribution in [0, 0.1) is 0 Å². The first-order valence-corrected chi connectivity index (χ1v) is 17.3. The van der Waals surface area contributed by atoms with Gasteiger partial charge >= 0.3 is 0 Å². The van der Waals surface area contributed by atoms with Crippen molar-refractivity contribution in [2.75, 3.05) is 0 Å². The number of imidazole rings is 1. The molecule has 4 heteroatoms. The summed E-state index contributed by atoms with van der Waals surface area (Å²) in [7, 11) is 0. The Kier molecular flexibility index (Phi) is 5.92. The minimum absolute atomic E-state index is 0.912. The van der Waals surface area contributed by atoms with Gasteiger partial charge in [0.2, 0.25) is 0 Å². The van der Waals surface area contributed by atoms with E-state index in [-0.39, 0.29) is 0 Å². The van der Waals surface area contributed by atoms with Crippen molar-refractivity contribution in [3.8, 4) is 33.9 Å². The molecule has 4 nitrogen and oxygen atoms in total. The summed E-state index contributed by atoms with van der Waals surface area (Å²) in [6.45, 7) is 0. The number of para-hydroxylation sites is 4. The molecule has 0 N–H and O–H groups in total. The van der Waals surface area contributed by atoms with Crippen LogP contribution >= 0.6 is 0 Å². The highest BCUT2D eigenvalue weighted by Crippen LogP contribution is 2.39. The maximum absolute atomic E-state index is 6.37. The molecule has 11 aromatic rings. The van der Waals surface area contributed by atoms with Crippen LogP contribution in [-0.2, 0) is 0 Å². The number of hydrogen-bond donors (Lipinski definition) is 0. The summed E-state index contributed by atoms with van der Waals surface area (Å²) >= 11 is 0. The standard InChI is InChI=1S/C47H29N3O/c1-3-12-31(13-4-1)47-48-41-27-33-28-43-40(26-32(33)29-44(41)50(47)34-14-5-2-6-15-34)37-16-7-9-20-42(37)49(43)35-24-22-30(23-25-35)36-18-11-19-39-38-17-8-10-21-45(38)51-46(36)39/h1-29H. The summed E-state index contributed by atoms with van der Waals surface area (Å²) in [5, 5.41) is 7.08. The van der Waals surface area contributed by atoms with Gasteiger partial charge in [-0.15, -0.1) is 0 Å². The van der Waals surface area contributed by atoms with Gasteiger partial charge in [-0.05, 0) is 77.0 Å². The third kappa shape index (κ3) is 4.23. The largest absolute Gasteiger partial charge is 0.455 e. The Morgan fingerprint density at radius 2 is 1.08 bits per heavy atom. The van der Waals surface area contributed by atoms with Crippen LogP contribution in [0.1, 0.15) is 0 Å². The molecule has 0 radical (unpaired) electrons. The molecule has 0 amide bonds. The van der Waals surface area contributed by atoms with E-state index in [0.29, 0.717) is 0 Å². The first-order chi connectivity index (χ1) is 25.3. The minimum Gasteiger partial charge on any atom is -0.455 e. The van der Waals surface area contributed by atoms with E-state index in [1.807, 2.05) is 18.2 Å². The van der Waals surface area contributed by atoms with Gasteiger partial charge in [-0.1, -0.05) is 115 Å². The number of hydrogen-bond acceptors (Lipinski definition) is 2. The molecule has 0 atom stereocenters. The van der Waals surface area contributed by atoms with Crippen LogP contribution in [0.25, 0.3) is 99.4 Å². The molecule has 8 aromatic carbocycles. The van der Waals surface area contributed by atoms with Gasteiger partial charge in [0.15, 0.2) is 0 Å². The summed E-state index contributed by atoms with van der Waals surface area (Å²) in [6.07, 6.45) is 0. The number of rotatable bonds is 4. The fourth-order valence-electron chi connectivity index (χ4n) is 7.95. The van der Waals surface area contributed by atoms with Crippen molar-refractivity contribution in [3.05, 3.63) is 176 Å². The van der Waals surface area contributed by atoms with Gasteiger partial charge in [0.1, 0.15) is 17.0 Å². The maximum atomic E-state index is 6.37. The van der Waals surface area contributed by atoms with Gasteiger partial charge in [-0.3, -0.25) is 4.57 Å². The first-order valence-electron chi connectivity index (χ1n) is 17.3. The summed E-state index contributed by atoms with van der Waals surface area (Å²) in [6, 6.07) is 62.5. The quantitative estimate of drug-likeness (QED) is 0.190. The van der Waals surface area contributed by atoms with Crippen molar-refractivity contribution in [2.45, 2.75) is 0 Å². The maximum Gasteiger partial charge on any atom is 0.145 e. The molecule has 51 heavy (non-hydrogen) atoms. The highest BCUT2D eigenvalue weighted by Gasteiger charge is 2.18. The molecule has 11 rings (SSSR count). The lowest BCUT2D eigenvalue weighted by Crippen LogP contribution is -1.97. The highest BCUT2D eigenvalue weighted by atomic mass is 16.3. The normalized spacial score (nSPS) is 11.9. The fourth-order valence-corrected chi connectivity index (χ4v) is 7.95. The monoisotopic (exact) mass is 651 g/mol. The minimum atomic E-state index is 0.912. The molecule has 0 saturated carbocycles. The van der Waals surface area contributed by atoms with Crippen LogP contribution in [0.4, 0.5) is 0 Å². The van der Waals surface area contributed by atoms with E-state index in [1.165, 1.54) is 27.2 Å². The fraction of sp³-hybridized carbons (Fsp3) is 0. The van der Waals surface area contributed by atoms with Gasteiger partial charge in [0.05, 0.1) is 22.1 Å². The topological polar surface area (TPSA) is 35.9 Å². The van der Waals surface area contributed by atoms with Crippen LogP contribution in [0.2, 0.25) is 0 Å². The second kappa shape index (κ2) is 10.8.